The van der Waals surface area contributed by atoms with E-state index in [0.29, 0.717) is 37.2 Å². The lowest BCUT2D eigenvalue weighted by atomic mass is 9.45. The number of carbonyl (C=O) groups is 1. The third-order valence-electron chi connectivity index (χ3n) is 8.44. The summed E-state index contributed by atoms with van der Waals surface area (Å²) in [6.45, 7) is 8.63. The minimum atomic E-state index is -1.53. The zero-order valence-corrected chi connectivity index (χ0v) is 21.9. The summed E-state index contributed by atoms with van der Waals surface area (Å²) in [4.78, 5) is 13.2. The minimum Gasteiger partial charge on any atom is -0.477 e. The fourth-order valence-corrected chi connectivity index (χ4v) is 8.71. The van der Waals surface area contributed by atoms with Crippen LogP contribution >= 0.6 is 8.53 Å². The van der Waals surface area contributed by atoms with Crippen LogP contribution < -0.4 is 15.0 Å². The lowest BCUT2D eigenvalue weighted by Crippen LogP contribution is -2.73. The van der Waals surface area contributed by atoms with Gasteiger partial charge in [0.05, 0.1) is 30.1 Å². The van der Waals surface area contributed by atoms with Crippen molar-refractivity contribution in [2.45, 2.75) is 101 Å². The average molecular weight is 502 g/mol. The molecule has 9 heteroatoms. The maximum Gasteiger partial charge on any atom is 0.321 e. The maximum absolute atomic E-state index is 13.2. The van der Waals surface area contributed by atoms with Gasteiger partial charge in [-0.25, -0.2) is 4.67 Å². The Morgan fingerprint density at radius 1 is 1.31 bits per heavy atom. The van der Waals surface area contributed by atoms with Gasteiger partial charge in [-0.2, -0.15) is 5.26 Å². The molecular formula is C26H36N3O5P. The Hall–Kier alpha value is -1.75. The molecule has 1 aliphatic heterocycles. The highest BCUT2D eigenvalue weighted by molar-refractivity contribution is 7.45. The molecule has 0 radical (unpaired) electrons. The highest BCUT2D eigenvalue weighted by Crippen LogP contribution is 2.67. The van der Waals surface area contributed by atoms with Crippen LogP contribution in [-0.2, 0) is 21.2 Å². The van der Waals surface area contributed by atoms with Crippen LogP contribution in [0.2, 0.25) is 0 Å². The van der Waals surface area contributed by atoms with E-state index < -0.39 is 25.6 Å². The zero-order chi connectivity index (χ0) is 25.1. The second-order valence-corrected chi connectivity index (χ2v) is 12.3. The van der Waals surface area contributed by atoms with E-state index in [4.69, 9.17) is 24.8 Å². The number of hydrogen-bond acceptors (Lipinski definition) is 8. The number of ketones is 1. The van der Waals surface area contributed by atoms with Crippen molar-refractivity contribution >= 4 is 14.3 Å². The van der Waals surface area contributed by atoms with Gasteiger partial charge in [0.1, 0.15) is 0 Å². The van der Waals surface area contributed by atoms with E-state index in [9.17, 15) is 9.90 Å². The lowest BCUT2D eigenvalue weighted by molar-refractivity contribution is -0.180. The SMILES string of the molecule is CC(C)N(C(C)C)P(OCCC#N)Oc1ccc2c3c1OC1C(=O)CCC4(O)C(C2)C(N)CCC314. The first-order valence-corrected chi connectivity index (χ1v) is 13.9. The number of benzene rings is 1. The lowest BCUT2D eigenvalue weighted by Gasteiger charge is -2.61. The Morgan fingerprint density at radius 2 is 2.06 bits per heavy atom. The summed E-state index contributed by atoms with van der Waals surface area (Å²) in [5.74, 6) is 1.05. The standard InChI is InChI=1S/C26H36N3O5P/c1-15(2)29(16(3)4)35(32-13-5-12-27)34-21-7-6-17-14-18-19(28)8-10-25-22(17)23(21)33-24(25)20(30)9-11-26(18,25)31/h6-7,15-16,18-19,24,31H,5,8-11,13-14,28H2,1-4H3. The number of nitrogens with two attached hydrogens (primary N) is 1. The second-order valence-electron chi connectivity index (χ2n) is 10.9. The Balaban J connectivity index is 1.59. The van der Waals surface area contributed by atoms with Crippen LogP contribution in [0.3, 0.4) is 0 Å². The van der Waals surface area contributed by atoms with Crippen molar-refractivity contribution in [1.29, 1.82) is 5.26 Å². The summed E-state index contributed by atoms with van der Waals surface area (Å²) in [5, 5.41) is 21.2. The molecule has 0 saturated heterocycles. The quantitative estimate of drug-likeness (QED) is 0.409. The Morgan fingerprint density at radius 3 is 2.74 bits per heavy atom. The normalized spacial score (nSPS) is 33.5. The number of ether oxygens (including phenoxy) is 1. The number of carbonyl (C=O) groups excluding carboxylic acids is 1. The number of hydrogen-bond donors (Lipinski definition) is 2. The van der Waals surface area contributed by atoms with Crippen LogP contribution in [-0.4, -0.2) is 52.0 Å². The van der Waals surface area contributed by atoms with Crippen LogP contribution in [0.5, 0.6) is 11.5 Å². The number of aliphatic hydroxyl groups is 1. The molecule has 1 heterocycles. The van der Waals surface area contributed by atoms with Gasteiger partial charge in [0.2, 0.25) is 0 Å². The summed E-state index contributed by atoms with van der Waals surface area (Å²) >= 11 is 0. The molecule has 3 aliphatic carbocycles. The van der Waals surface area contributed by atoms with Crippen molar-refractivity contribution in [3.63, 3.8) is 0 Å². The molecule has 5 rings (SSSR count). The van der Waals surface area contributed by atoms with Crippen molar-refractivity contribution < 1.29 is 23.7 Å². The molecule has 3 N–H and O–H groups in total. The molecule has 2 fully saturated rings. The third kappa shape index (κ3) is 3.54. The summed E-state index contributed by atoms with van der Waals surface area (Å²) in [5.41, 5.74) is 6.72. The predicted molar refractivity (Wildman–Crippen MR) is 132 cm³/mol. The molecule has 8 nitrogen and oxygen atoms in total. The molecule has 2 saturated carbocycles. The van der Waals surface area contributed by atoms with Crippen LogP contribution in [0, 0.1) is 17.2 Å². The van der Waals surface area contributed by atoms with Crippen LogP contribution in [0.25, 0.3) is 0 Å². The second kappa shape index (κ2) is 8.97. The Labute approximate surface area is 208 Å². The van der Waals surface area contributed by atoms with Crippen LogP contribution in [0.4, 0.5) is 0 Å². The molecule has 190 valence electrons. The number of nitriles is 1. The molecule has 0 aromatic heterocycles. The average Bonchev–Trinajstić information content (AvgIpc) is 3.15. The van der Waals surface area contributed by atoms with Gasteiger partial charge in [0.15, 0.2) is 23.4 Å². The first-order chi connectivity index (χ1) is 16.7. The van der Waals surface area contributed by atoms with Gasteiger partial charge >= 0.3 is 8.53 Å². The van der Waals surface area contributed by atoms with E-state index in [2.05, 4.69) is 38.4 Å². The van der Waals surface area contributed by atoms with Crippen molar-refractivity contribution in [3.05, 3.63) is 23.3 Å². The van der Waals surface area contributed by atoms with Crippen LogP contribution in [0.15, 0.2) is 12.1 Å². The van der Waals surface area contributed by atoms with Crippen molar-refractivity contribution in [3.8, 4) is 17.6 Å². The van der Waals surface area contributed by atoms with Gasteiger partial charge in [0.25, 0.3) is 0 Å². The first-order valence-electron chi connectivity index (χ1n) is 12.8. The van der Waals surface area contributed by atoms with Gasteiger partial charge in [-0.15, -0.1) is 0 Å². The highest BCUT2D eigenvalue weighted by atomic mass is 31.2. The molecule has 0 amide bonds. The van der Waals surface area contributed by atoms with Crippen molar-refractivity contribution in [2.24, 2.45) is 11.7 Å². The van der Waals surface area contributed by atoms with E-state index in [-0.39, 0.29) is 42.9 Å². The fraction of sp³-hybridized carbons (Fsp3) is 0.692. The molecule has 1 aromatic rings. The molecule has 1 spiro atoms. The largest absolute Gasteiger partial charge is 0.477 e. The van der Waals surface area contributed by atoms with Gasteiger partial charge in [0, 0.05) is 36.0 Å². The minimum absolute atomic E-state index is 0.0393. The van der Waals surface area contributed by atoms with E-state index >= 15 is 0 Å². The highest BCUT2D eigenvalue weighted by Gasteiger charge is 2.73. The summed E-state index contributed by atoms with van der Waals surface area (Å²) in [6.07, 6.45) is 2.32. The smallest absolute Gasteiger partial charge is 0.321 e. The van der Waals surface area contributed by atoms with Gasteiger partial charge < -0.3 is 24.6 Å². The maximum atomic E-state index is 13.2. The van der Waals surface area contributed by atoms with E-state index in [1.54, 1.807) is 0 Å². The number of Topliss-reactive ketones (excluding diaryl/α,β-unsaturated/α-hetero) is 1. The van der Waals surface area contributed by atoms with E-state index in [1.165, 1.54) is 0 Å². The number of nitrogens with zero attached hydrogens (tertiary/aromatic N) is 2. The summed E-state index contributed by atoms with van der Waals surface area (Å²) in [7, 11) is -1.53. The third-order valence-corrected chi connectivity index (χ3v) is 10.5. The van der Waals surface area contributed by atoms with Crippen LogP contribution in [0.1, 0.15) is 70.9 Å². The molecule has 4 aliphatic rings. The summed E-state index contributed by atoms with van der Waals surface area (Å²) < 4.78 is 21.3. The van der Waals surface area contributed by atoms with E-state index in [1.807, 2.05) is 12.1 Å². The van der Waals surface area contributed by atoms with Crippen molar-refractivity contribution in [2.75, 3.05) is 6.61 Å². The van der Waals surface area contributed by atoms with Gasteiger partial charge in [-0.05, 0) is 65.0 Å². The van der Waals surface area contributed by atoms with Crippen molar-refractivity contribution in [1.82, 2.24) is 4.67 Å². The number of rotatable bonds is 8. The van der Waals surface area contributed by atoms with Gasteiger partial charge in [-0.3, -0.25) is 4.79 Å². The van der Waals surface area contributed by atoms with Gasteiger partial charge in [-0.1, -0.05) is 6.07 Å². The molecule has 6 unspecified atom stereocenters. The molecular weight excluding hydrogens is 465 g/mol. The molecule has 2 bridgehead atoms. The molecule has 6 atom stereocenters. The zero-order valence-electron chi connectivity index (χ0n) is 21.0. The van der Waals surface area contributed by atoms with E-state index in [0.717, 1.165) is 17.5 Å². The fourth-order valence-electron chi connectivity index (χ4n) is 7.12. The first kappa shape index (κ1) is 24.9. The molecule has 35 heavy (non-hydrogen) atoms. The predicted octanol–water partition coefficient (Wildman–Crippen LogP) is 3.73. The summed E-state index contributed by atoms with van der Waals surface area (Å²) in [6, 6.07) is 6.29. The Bertz CT molecular complexity index is 1050. The molecule has 1 aromatic carbocycles. The Kier molecular flexibility index (Phi) is 6.39. The monoisotopic (exact) mass is 501 g/mol. The topological polar surface area (TPSA) is 118 Å².